The molecule has 0 saturated carbocycles. The Morgan fingerprint density at radius 1 is 0.962 bits per heavy atom. The number of phenols is 1. The van der Waals surface area contributed by atoms with Crippen LogP contribution in [0.3, 0.4) is 0 Å². The average Bonchev–Trinajstić information content (AvgIpc) is 2.68. The summed E-state index contributed by atoms with van der Waals surface area (Å²) >= 11 is 0. The summed E-state index contributed by atoms with van der Waals surface area (Å²) in [7, 11) is 0. The van der Waals surface area contributed by atoms with Crippen molar-refractivity contribution in [3.63, 3.8) is 0 Å². The van der Waals surface area contributed by atoms with Gasteiger partial charge in [0.25, 0.3) is 5.91 Å². The topological polar surface area (TPSA) is 70.9 Å². The molecule has 0 bridgehead atoms. The maximum atomic E-state index is 12.0. The van der Waals surface area contributed by atoms with Gasteiger partial charge in [-0.2, -0.15) is 5.10 Å². The molecule has 0 atom stereocenters. The van der Waals surface area contributed by atoms with E-state index in [0.29, 0.717) is 17.9 Å². The van der Waals surface area contributed by atoms with Gasteiger partial charge in [-0.05, 0) is 42.0 Å². The van der Waals surface area contributed by atoms with Gasteiger partial charge in [0.15, 0.2) is 0 Å². The zero-order valence-electron chi connectivity index (χ0n) is 14.0. The number of aromatic hydroxyl groups is 1. The molecule has 130 valence electrons. The molecule has 3 rings (SSSR count). The molecule has 0 aromatic heterocycles. The SMILES string of the molecule is O=C(NN=Cc1ccccc1OCc1ccccc1)c1ccc(O)cc1. The first-order valence-corrected chi connectivity index (χ1v) is 8.10. The number of ether oxygens (including phenoxy) is 1. The Hall–Kier alpha value is -3.60. The number of carbonyl (C=O) groups is 1. The van der Waals surface area contributed by atoms with Gasteiger partial charge in [-0.15, -0.1) is 0 Å². The fraction of sp³-hybridized carbons (Fsp3) is 0.0476. The minimum Gasteiger partial charge on any atom is -0.508 e. The molecule has 3 aromatic rings. The van der Waals surface area contributed by atoms with E-state index in [1.807, 2.05) is 54.6 Å². The maximum Gasteiger partial charge on any atom is 0.271 e. The highest BCUT2D eigenvalue weighted by Crippen LogP contribution is 2.17. The summed E-state index contributed by atoms with van der Waals surface area (Å²) in [5.41, 5.74) is 4.70. The van der Waals surface area contributed by atoms with E-state index in [4.69, 9.17) is 4.74 Å². The van der Waals surface area contributed by atoms with Crippen LogP contribution in [0.1, 0.15) is 21.5 Å². The van der Waals surface area contributed by atoms with Crippen molar-refractivity contribution < 1.29 is 14.6 Å². The molecule has 5 nitrogen and oxygen atoms in total. The molecular weight excluding hydrogens is 328 g/mol. The van der Waals surface area contributed by atoms with Gasteiger partial charge in [0.2, 0.25) is 0 Å². The molecular formula is C21H18N2O3. The van der Waals surface area contributed by atoms with E-state index in [9.17, 15) is 9.90 Å². The standard InChI is InChI=1S/C21H18N2O3/c24-19-12-10-17(11-13-19)21(25)23-22-14-18-8-4-5-9-20(18)26-15-16-6-2-1-3-7-16/h1-14,24H,15H2,(H,23,25). The fourth-order valence-electron chi connectivity index (χ4n) is 2.29. The second-order valence-electron chi connectivity index (χ2n) is 5.56. The largest absolute Gasteiger partial charge is 0.508 e. The Labute approximate surface area is 151 Å². The second kappa shape index (κ2) is 8.48. The maximum absolute atomic E-state index is 12.0. The number of nitrogens with zero attached hydrogens (tertiary/aromatic N) is 1. The number of benzene rings is 3. The normalized spacial score (nSPS) is 10.6. The number of phenolic OH excluding ortho intramolecular Hbond substituents is 1. The third-order valence-electron chi connectivity index (χ3n) is 3.66. The van der Waals surface area contributed by atoms with Crippen LogP contribution in [-0.4, -0.2) is 17.2 Å². The molecule has 0 heterocycles. The van der Waals surface area contributed by atoms with Crippen LogP contribution in [0, 0.1) is 0 Å². The molecule has 0 fully saturated rings. The van der Waals surface area contributed by atoms with E-state index < -0.39 is 0 Å². The summed E-state index contributed by atoms with van der Waals surface area (Å²) in [5, 5.41) is 13.2. The lowest BCUT2D eigenvalue weighted by atomic mass is 10.2. The van der Waals surface area contributed by atoms with Crippen LogP contribution >= 0.6 is 0 Å². The highest BCUT2D eigenvalue weighted by atomic mass is 16.5. The highest BCUT2D eigenvalue weighted by Gasteiger charge is 2.04. The molecule has 0 aliphatic heterocycles. The van der Waals surface area contributed by atoms with Crippen LogP contribution < -0.4 is 10.2 Å². The predicted molar refractivity (Wildman–Crippen MR) is 100 cm³/mol. The van der Waals surface area contributed by atoms with Crippen molar-refractivity contribution in [2.45, 2.75) is 6.61 Å². The third kappa shape index (κ3) is 4.70. The summed E-state index contributed by atoms with van der Waals surface area (Å²) in [5.74, 6) is 0.428. The third-order valence-corrected chi connectivity index (χ3v) is 3.66. The van der Waals surface area contributed by atoms with Crippen molar-refractivity contribution in [2.75, 3.05) is 0 Å². The quantitative estimate of drug-likeness (QED) is 0.528. The number of nitrogens with one attached hydrogen (secondary N) is 1. The van der Waals surface area contributed by atoms with Gasteiger partial charge in [-0.1, -0.05) is 42.5 Å². The summed E-state index contributed by atoms with van der Waals surface area (Å²) < 4.78 is 5.85. The summed E-state index contributed by atoms with van der Waals surface area (Å²) in [4.78, 5) is 12.0. The summed E-state index contributed by atoms with van der Waals surface area (Å²) in [6.07, 6.45) is 1.54. The van der Waals surface area contributed by atoms with Crippen LogP contribution in [0.15, 0.2) is 84.0 Å². The Morgan fingerprint density at radius 2 is 1.65 bits per heavy atom. The van der Waals surface area contributed by atoms with Gasteiger partial charge in [0.1, 0.15) is 18.1 Å². The minimum atomic E-state index is -0.357. The van der Waals surface area contributed by atoms with Crippen molar-refractivity contribution in [3.8, 4) is 11.5 Å². The van der Waals surface area contributed by atoms with Gasteiger partial charge in [0, 0.05) is 11.1 Å². The lowest BCUT2D eigenvalue weighted by Gasteiger charge is -2.09. The number of amides is 1. The van der Waals surface area contributed by atoms with Gasteiger partial charge < -0.3 is 9.84 Å². The van der Waals surface area contributed by atoms with E-state index in [1.165, 1.54) is 24.3 Å². The van der Waals surface area contributed by atoms with E-state index >= 15 is 0 Å². The summed E-state index contributed by atoms with van der Waals surface area (Å²) in [6, 6.07) is 23.3. The number of rotatable bonds is 6. The number of hydrazone groups is 1. The monoisotopic (exact) mass is 346 g/mol. The predicted octanol–water partition coefficient (Wildman–Crippen LogP) is 3.74. The van der Waals surface area contributed by atoms with E-state index in [1.54, 1.807) is 6.21 Å². The van der Waals surface area contributed by atoms with Crippen molar-refractivity contribution in [3.05, 3.63) is 95.6 Å². The Kier molecular flexibility index (Phi) is 5.62. The lowest BCUT2D eigenvalue weighted by Crippen LogP contribution is -2.17. The van der Waals surface area contributed by atoms with Crippen LogP contribution in [0.25, 0.3) is 0 Å². The van der Waals surface area contributed by atoms with Crippen LogP contribution in [0.2, 0.25) is 0 Å². The van der Waals surface area contributed by atoms with Crippen molar-refractivity contribution in [1.29, 1.82) is 0 Å². The van der Waals surface area contributed by atoms with Crippen LogP contribution in [-0.2, 0) is 6.61 Å². The molecule has 5 heteroatoms. The molecule has 0 saturated heterocycles. The second-order valence-corrected chi connectivity index (χ2v) is 5.56. The lowest BCUT2D eigenvalue weighted by molar-refractivity contribution is 0.0955. The van der Waals surface area contributed by atoms with Crippen molar-refractivity contribution in [1.82, 2.24) is 5.43 Å². The van der Waals surface area contributed by atoms with Gasteiger partial charge >= 0.3 is 0 Å². The molecule has 26 heavy (non-hydrogen) atoms. The van der Waals surface area contributed by atoms with Crippen LogP contribution in [0.4, 0.5) is 0 Å². The van der Waals surface area contributed by atoms with Gasteiger partial charge in [-0.25, -0.2) is 5.43 Å². The first kappa shape index (κ1) is 17.2. The van der Waals surface area contributed by atoms with Crippen molar-refractivity contribution >= 4 is 12.1 Å². The smallest absolute Gasteiger partial charge is 0.271 e. The Bertz CT molecular complexity index is 891. The summed E-state index contributed by atoms with van der Waals surface area (Å²) in [6.45, 7) is 0.450. The zero-order chi connectivity index (χ0) is 18.2. The molecule has 1 amide bonds. The highest BCUT2D eigenvalue weighted by molar-refractivity contribution is 5.95. The van der Waals surface area contributed by atoms with Crippen molar-refractivity contribution in [2.24, 2.45) is 5.10 Å². The molecule has 0 radical (unpaired) electrons. The number of hydrogen-bond acceptors (Lipinski definition) is 4. The Morgan fingerprint density at radius 3 is 2.42 bits per heavy atom. The average molecular weight is 346 g/mol. The Balaban J connectivity index is 1.63. The molecule has 0 aliphatic carbocycles. The van der Waals surface area contributed by atoms with Crippen LogP contribution in [0.5, 0.6) is 11.5 Å². The van der Waals surface area contributed by atoms with E-state index in [-0.39, 0.29) is 11.7 Å². The molecule has 3 aromatic carbocycles. The molecule has 2 N–H and O–H groups in total. The van der Waals surface area contributed by atoms with Gasteiger partial charge in [-0.3, -0.25) is 4.79 Å². The first-order chi connectivity index (χ1) is 12.7. The van der Waals surface area contributed by atoms with E-state index in [0.717, 1.165) is 11.1 Å². The van der Waals surface area contributed by atoms with E-state index in [2.05, 4.69) is 10.5 Å². The molecule has 0 aliphatic rings. The number of para-hydroxylation sites is 1. The number of hydrogen-bond donors (Lipinski definition) is 2. The zero-order valence-corrected chi connectivity index (χ0v) is 14.0. The minimum absolute atomic E-state index is 0.106. The number of carbonyl (C=O) groups excluding carboxylic acids is 1. The molecule has 0 spiro atoms. The van der Waals surface area contributed by atoms with Gasteiger partial charge in [0.05, 0.1) is 6.21 Å². The molecule has 0 unspecified atom stereocenters. The first-order valence-electron chi connectivity index (χ1n) is 8.10. The fourth-order valence-corrected chi connectivity index (χ4v) is 2.29.